The predicted octanol–water partition coefficient (Wildman–Crippen LogP) is 6.46. The summed E-state index contributed by atoms with van der Waals surface area (Å²) in [5.41, 5.74) is 2.07. The minimum absolute atomic E-state index is 0.0197. The molecule has 0 heterocycles. The highest BCUT2D eigenvalue weighted by molar-refractivity contribution is 14.1. The molecule has 0 bridgehead atoms. The Labute approximate surface area is 196 Å². The molecule has 3 aromatic carbocycles. The van der Waals surface area contributed by atoms with Crippen molar-refractivity contribution in [2.45, 2.75) is 41.6 Å². The number of ether oxygens (including phenoxy) is 2. The van der Waals surface area contributed by atoms with Crippen LogP contribution in [0.5, 0.6) is 17.2 Å². The SMILES string of the molecule is CCOc1ccc(C2(CC(O)Cc3ccc(F)c(Oc4ccccc4)c3)CC2I)cc1. The second-order valence-corrected chi connectivity index (χ2v) is 9.53. The van der Waals surface area contributed by atoms with E-state index in [2.05, 4.69) is 34.7 Å². The highest BCUT2D eigenvalue weighted by atomic mass is 127. The van der Waals surface area contributed by atoms with Gasteiger partial charge in [-0.1, -0.05) is 59.0 Å². The van der Waals surface area contributed by atoms with E-state index in [-0.39, 0.29) is 11.2 Å². The second kappa shape index (κ2) is 9.57. The Hall–Kier alpha value is -2.12. The van der Waals surface area contributed by atoms with Crippen molar-refractivity contribution in [3.05, 3.63) is 89.7 Å². The van der Waals surface area contributed by atoms with E-state index >= 15 is 0 Å². The van der Waals surface area contributed by atoms with Gasteiger partial charge in [0.2, 0.25) is 0 Å². The zero-order chi connectivity index (χ0) is 21.8. The van der Waals surface area contributed by atoms with E-state index in [0.717, 1.165) is 17.7 Å². The highest BCUT2D eigenvalue weighted by Crippen LogP contribution is 2.57. The predicted molar refractivity (Wildman–Crippen MR) is 129 cm³/mol. The van der Waals surface area contributed by atoms with Crippen LogP contribution in [0, 0.1) is 5.82 Å². The van der Waals surface area contributed by atoms with E-state index in [1.165, 1.54) is 11.6 Å². The molecule has 31 heavy (non-hydrogen) atoms. The van der Waals surface area contributed by atoms with Crippen molar-refractivity contribution in [1.82, 2.24) is 0 Å². The average molecular weight is 532 g/mol. The van der Waals surface area contributed by atoms with Crippen LogP contribution in [-0.4, -0.2) is 21.7 Å². The van der Waals surface area contributed by atoms with Crippen LogP contribution in [0.15, 0.2) is 72.8 Å². The molecule has 5 heteroatoms. The topological polar surface area (TPSA) is 38.7 Å². The number of rotatable bonds is 9. The molecule has 0 amide bonds. The fourth-order valence-corrected chi connectivity index (χ4v) is 5.47. The first-order valence-corrected chi connectivity index (χ1v) is 11.8. The van der Waals surface area contributed by atoms with E-state index in [1.807, 2.05) is 37.3 Å². The number of halogens is 2. The van der Waals surface area contributed by atoms with Crippen molar-refractivity contribution >= 4 is 22.6 Å². The monoisotopic (exact) mass is 532 g/mol. The van der Waals surface area contributed by atoms with Gasteiger partial charge in [-0.15, -0.1) is 0 Å². The maximum Gasteiger partial charge on any atom is 0.165 e. The van der Waals surface area contributed by atoms with Crippen molar-refractivity contribution in [2.75, 3.05) is 6.61 Å². The van der Waals surface area contributed by atoms with Crippen LogP contribution in [0.4, 0.5) is 4.39 Å². The first kappa shape index (κ1) is 22.1. The van der Waals surface area contributed by atoms with Crippen molar-refractivity contribution in [1.29, 1.82) is 0 Å². The van der Waals surface area contributed by atoms with Gasteiger partial charge in [0.25, 0.3) is 0 Å². The van der Waals surface area contributed by atoms with E-state index in [1.54, 1.807) is 24.3 Å². The fourth-order valence-electron chi connectivity index (χ4n) is 4.07. The Bertz CT molecular complexity index is 1010. The standard InChI is InChI=1S/C26H26FIO3/c1-2-30-21-11-9-19(10-12-21)26(17-25(26)28)16-20(29)14-18-8-13-23(27)24(15-18)31-22-6-4-3-5-7-22/h3-13,15,20,25,29H,2,14,16-17H2,1H3. The Balaban J connectivity index is 1.44. The molecule has 1 aliphatic rings. The molecule has 0 radical (unpaired) electrons. The summed E-state index contributed by atoms with van der Waals surface area (Å²) in [4.78, 5) is 0. The molecule has 3 nitrogen and oxygen atoms in total. The second-order valence-electron chi connectivity index (χ2n) is 8.03. The Kier molecular flexibility index (Phi) is 6.82. The summed E-state index contributed by atoms with van der Waals surface area (Å²) in [6.45, 7) is 2.62. The Morgan fingerprint density at radius 1 is 1.06 bits per heavy atom. The van der Waals surface area contributed by atoms with Crippen molar-refractivity contribution < 1.29 is 19.0 Å². The molecule has 3 aromatic rings. The summed E-state index contributed by atoms with van der Waals surface area (Å²) < 4.78 is 26.0. The van der Waals surface area contributed by atoms with E-state index in [4.69, 9.17) is 9.47 Å². The van der Waals surface area contributed by atoms with Crippen LogP contribution >= 0.6 is 22.6 Å². The number of benzene rings is 3. The van der Waals surface area contributed by atoms with Crippen LogP contribution in [-0.2, 0) is 11.8 Å². The number of aliphatic hydroxyl groups excluding tert-OH is 1. The molecule has 1 N–H and O–H groups in total. The van der Waals surface area contributed by atoms with Gasteiger partial charge in [0.15, 0.2) is 11.6 Å². The van der Waals surface area contributed by atoms with Gasteiger partial charge in [0.1, 0.15) is 11.5 Å². The third-order valence-corrected chi connectivity index (χ3v) is 7.39. The average Bonchev–Trinajstić information content (AvgIpc) is 3.41. The summed E-state index contributed by atoms with van der Waals surface area (Å²) in [5, 5.41) is 10.9. The maximum absolute atomic E-state index is 14.2. The van der Waals surface area contributed by atoms with Gasteiger partial charge in [-0.05, 0) is 73.7 Å². The quantitative estimate of drug-likeness (QED) is 0.254. The molecule has 3 unspecified atom stereocenters. The van der Waals surface area contributed by atoms with Gasteiger partial charge in [0, 0.05) is 9.34 Å². The van der Waals surface area contributed by atoms with Gasteiger partial charge in [-0.2, -0.15) is 0 Å². The lowest BCUT2D eigenvalue weighted by molar-refractivity contribution is 0.151. The molecule has 1 fully saturated rings. The van der Waals surface area contributed by atoms with E-state index in [9.17, 15) is 9.50 Å². The minimum atomic E-state index is -0.527. The number of hydrogen-bond acceptors (Lipinski definition) is 3. The van der Waals surface area contributed by atoms with Crippen LogP contribution in [0.3, 0.4) is 0 Å². The summed E-state index contributed by atoms with van der Waals surface area (Å²) >= 11 is 2.47. The van der Waals surface area contributed by atoms with E-state index < -0.39 is 11.9 Å². The normalized spacial score (nSPS) is 20.8. The highest BCUT2D eigenvalue weighted by Gasteiger charge is 2.54. The maximum atomic E-state index is 14.2. The van der Waals surface area contributed by atoms with Crippen molar-refractivity contribution in [2.24, 2.45) is 0 Å². The Morgan fingerprint density at radius 2 is 1.77 bits per heavy atom. The van der Waals surface area contributed by atoms with Crippen LogP contribution in [0.25, 0.3) is 0 Å². The van der Waals surface area contributed by atoms with Crippen molar-refractivity contribution in [3.63, 3.8) is 0 Å². The molecule has 3 atom stereocenters. The molecule has 1 aliphatic carbocycles. The van der Waals surface area contributed by atoms with Crippen LogP contribution in [0.1, 0.15) is 30.9 Å². The lowest BCUT2D eigenvalue weighted by Crippen LogP contribution is -2.22. The van der Waals surface area contributed by atoms with Crippen LogP contribution < -0.4 is 9.47 Å². The summed E-state index contributed by atoms with van der Waals surface area (Å²) in [6.07, 6.45) is 1.64. The van der Waals surface area contributed by atoms with Crippen molar-refractivity contribution in [3.8, 4) is 17.2 Å². The van der Waals surface area contributed by atoms with E-state index in [0.29, 0.717) is 29.1 Å². The molecule has 1 saturated carbocycles. The van der Waals surface area contributed by atoms with Gasteiger partial charge in [-0.25, -0.2) is 4.39 Å². The van der Waals surface area contributed by atoms with Gasteiger partial charge in [-0.3, -0.25) is 0 Å². The lowest BCUT2D eigenvalue weighted by atomic mass is 9.88. The van der Waals surface area contributed by atoms with Gasteiger partial charge >= 0.3 is 0 Å². The third-order valence-electron chi connectivity index (χ3n) is 5.76. The number of para-hydroxylation sites is 1. The zero-order valence-electron chi connectivity index (χ0n) is 17.4. The number of hydrogen-bond donors (Lipinski definition) is 1. The summed E-state index contributed by atoms with van der Waals surface area (Å²) in [5.74, 6) is 1.21. The molecule has 0 aromatic heterocycles. The van der Waals surface area contributed by atoms with Crippen LogP contribution in [0.2, 0.25) is 0 Å². The number of aliphatic hydroxyl groups is 1. The first-order valence-electron chi connectivity index (χ1n) is 10.6. The molecular weight excluding hydrogens is 506 g/mol. The van der Waals surface area contributed by atoms with Gasteiger partial charge in [0.05, 0.1) is 12.7 Å². The molecular formula is C26H26FIO3. The third kappa shape index (κ3) is 5.21. The molecule has 0 saturated heterocycles. The molecule has 4 rings (SSSR count). The zero-order valence-corrected chi connectivity index (χ0v) is 19.6. The largest absolute Gasteiger partial charge is 0.494 e. The Morgan fingerprint density at radius 3 is 2.42 bits per heavy atom. The summed E-state index contributed by atoms with van der Waals surface area (Å²) in [6, 6.07) is 22.2. The number of alkyl halides is 1. The first-order chi connectivity index (χ1) is 15.0. The fraction of sp³-hybridized carbons (Fsp3) is 0.308. The lowest BCUT2D eigenvalue weighted by Gasteiger charge is -2.21. The summed E-state index contributed by atoms with van der Waals surface area (Å²) in [7, 11) is 0. The molecule has 0 aliphatic heterocycles. The molecule has 0 spiro atoms. The van der Waals surface area contributed by atoms with Gasteiger partial charge < -0.3 is 14.6 Å². The minimum Gasteiger partial charge on any atom is -0.494 e. The molecule has 162 valence electrons. The smallest absolute Gasteiger partial charge is 0.165 e.